The maximum atomic E-state index is 11.4. The lowest BCUT2D eigenvalue weighted by Gasteiger charge is -2.15. The molecule has 0 aromatic heterocycles. The summed E-state index contributed by atoms with van der Waals surface area (Å²) in [5.41, 5.74) is 0. The van der Waals surface area contributed by atoms with Crippen LogP contribution in [0.2, 0.25) is 0 Å². The zero-order valence-electron chi connectivity index (χ0n) is 6.38. The van der Waals surface area contributed by atoms with Gasteiger partial charge in [0.1, 0.15) is 0 Å². The Labute approximate surface area is 93.5 Å². The summed E-state index contributed by atoms with van der Waals surface area (Å²) in [7, 11) is -3.35. The molecule has 1 atom stereocenters. The Morgan fingerprint density at radius 1 is 1.58 bits per heavy atom. The Hall–Kier alpha value is 0.830. The van der Waals surface area contributed by atoms with Gasteiger partial charge in [-0.1, -0.05) is 0 Å². The Morgan fingerprint density at radius 2 is 2.00 bits per heavy atom. The van der Waals surface area contributed by atoms with E-state index in [0.29, 0.717) is 0 Å². The minimum atomic E-state index is -3.35. The number of alkyl halides is 2. The minimum Gasteiger partial charge on any atom is -0.296 e. The molecule has 0 bridgehead atoms. The van der Waals surface area contributed by atoms with Crippen LogP contribution >= 0.6 is 38.5 Å². The van der Waals surface area contributed by atoms with Crippen LogP contribution in [0.1, 0.15) is 12.8 Å². The maximum Gasteiger partial charge on any atom is 0.234 e. The number of Topliss-reactive ketones (excluding diaryl/α,β-unsaturated/α-hetero) is 1. The van der Waals surface area contributed by atoms with Crippen LogP contribution < -0.4 is 0 Å². The normalized spacial score (nSPS) is 23.2. The van der Waals surface area contributed by atoms with Gasteiger partial charge < -0.3 is 0 Å². The van der Waals surface area contributed by atoms with Crippen molar-refractivity contribution in [2.24, 2.45) is 5.92 Å². The van der Waals surface area contributed by atoms with Crippen LogP contribution in [0.5, 0.6) is 0 Å². The summed E-state index contributed by atoms with van der Waals surface area (Å²) in [6.45, 7) is 0. The van der Waals surface area contributed by atoms with E-state index in [4.69, 9.17) is 0 Å². The van der Waals surface area contributed by atoms with Gasteiger partial charge in [0.2, 0.25) is 1.66 Å². The van der Waals surface area contributed by atoms with Gasteiger partial charge in [-0.25, -0.2) is 8.42 Å². The van der Waals surface area contributed by atoms with Gasteiger partial charge in [0.05, 0.1) is 0 Å². The van der Waals surface area contributed by atoms with E-state index >= 15 is 0 Å². The fraction of sp³-hybridized carbons (Fsp3) is 0.833. The van der Waals surface area contributed by atoms with Crippen molar-refractivity contribution in [1.82, 2.24) is 0 Å². The highest BCUT2D eigenvalue weighted by atomic mass is 127. The van der Waals surface area contributed by atoms with Crippen LogP contribution in [0.15, 0.2) is 0 Å². The Balaban J connectivity index is 2.91. The van der Waals surface area contributed by atoms with Crippen molar-refractivity contribution >= 4 is 54.1 Å². The number of sulfone groups is 1. The van der Waals surface area contributed by atoms with E-state index in [1.165, 1.54) is 0 Å². The molecule has 0 spiro atoms. The van der Waals surface area contributed by atoms with Crippen LogP contribution in [0.4, 0.5) is 0 Å². The second-order valence-electron chi connectivity index (χ2n) is 2.93. The molecule has 12 heavy (non-hydrogen) atoms. The number of carbonyl (C=O) groups is 1. The van der Waals surface area contributed by atoms with Gasteiger partial charge in [0, 0.05) is 12.2 Å². The molecule has 3 nitrogen and oxygen atoms in total. The zero-order chi connectivity index (χ0) is 9.57. The summed E-state index contributed by atoms with van der Waals surface area (Å²) in [5.74, 6) is -0.262. The SMILES string of the molecule is CS(=O)(=O)[C@@](Br)(I)C(=O)C1CC1. The summed E-state index contributed by atoms with van der Waals surface area (Å²) in [6.07, 6.45) is 2.71. The van der Waals surface area contributed by atoms with Gasteiger partial charge in [-0.3, -0.25) is 4.79 Å². The summed E-state index contributed by atoms with van der Waals surface area (Å²) in [4.78, 5) is 11.4. The predicted molar refractivity (Wildman–Crippen MR) is 58.3 cm³/mol. The lowest BCUT2D eigenvalue weighted by atomic mass is 10.3. The maximum absolute atomic E-state index is 11.4. The van der Waals surface area contributed by atoms with Crippen LogP contribution in [-0.4, -0.2) is 22.1 Å². The van der Waals surface area contributed by atoms with Crippen LogP contribution in [0, 0.1) is 5.92 Å². The fourth-order valence-electron chi connectivity index (χ4n) is 0.766. The average Bonchev–Trinajstić information content (AvgIpc) is 2.64. The highest BCUT2D eigenvalue weighted by Gasteiger charge is 2.49. The summed E-state index contributed by atoms with van der Waals surface area (Å²) < 4.78 is 20.9. The molecule has 0 unspecified atom stereocenters. The van der Waals surface area contributed by atoms with Crippen molar-refractivity contribution in [3.63, 3.8) is 0 Å². The first kappa shape index (κ1) is 10.9. The van der Waals surface area contributed by atoms with E-state index in [9.17, 15) is 13.2 Å². The molecule has 0 amide bonds. The van der Waals surface area contributed by atoms with Crippen molar-refractivity contribution < 1.29 is 13.2 Å². The van der Waals surface area contributed by atoms with Gasteiger partial charge in [0.15, 0.2) is 15.6 Å². The molecule has 0 saturated heterocycles. The third-order valence-electron chi connectivity index (χ3n) is 1.70. The highest BCUT2D eigenvalue weighted by molar-refractivity contribution is 14.1. The van der Waals surface area contributed by atoms with Crippen molar-refractivity contribution in [3.05, 3.63) is 0 Å². The van der Waals surface area contributed by atoms with E-state index in [2.05, 4.69) is 15.9 Å². The summed E-state index contributed by atoms with van der Waals surface area (Å²) in [6, 6.07) is 0. The molecule has 0 aromatic carbocycles. The van der Waals surface area contributed by atoms with Gasteiger partial charge in [-0.2, -0.15) is 0 Å². The molecule has 0 aliphatic heterocycles. The number of rotatable bonds is 3. The van der Waals surface area contributed by atoms with Crippen molar-refractivity contribution in [1.29, 1.82) is 0 Å². The Morgan fingerprint density at radius 3 is 2.25 bits per heavy atom. The molecule has 1 saturated carbocycles. The zero-order valence-corrected chi connectivity index (χ0v) is 10.9. The second kappa shape index (κ2) is 3.20. The lowest BCUT2D eigenvalue weighted by Crippen LogP contribution is -2.34. The van der Waals surface area contributed by atoms with Gasteiger partial charge >= 0.3 is 0 Å². The first-order valence-corrected chi connectivity index (χ1v) is 7.15. The molecular weight excluding hydrogens is 359 g/mol. The summed E-state index contributed by atoms with van der Waals surface area (Å²) in [5, 5.41) is 0. The largest absolute Gasteiger partial charge is 0.296 e. The Kier molecular flexibility index (Phi) is 2.91. The van der Waals surface area contributed by atoms with E-state index in [1.807, 2.05) is 0 Å². The lowest BCUT2D eigenvalue weighted by molar-refractivity contribution is -0.118. The van der Waals surface area contributed by atoms with Gasteiger partial charge in [-0.15, -0.1) is 0 Å². The first-order chi connectivity index (χ1) is 5.27. The number of hydrogen-bond donors (Lipinski definition) is 0. The predicted octanol–water partition coefficient (Wildman–Crippen LogP) is 1.49. The fourth-order valence-corrected chi connectivity index (χ4v) is 2.06. The van der Waals surface area contributed by atoms with Gasteiger partial charge in [-0.05, 0) is 51.4 Å². The van der Waals surface area contributed by atoms with E-state index in [1.54, 1.807) is 22.6 Å². The molecular formula is C6H8BrIO3S. The number of hydrogen-bond acceptors (Lipinski definition) is 3. The third kappa shape index (κ3) is 2.01. The standard InChI is InChI=1S/C6H8BrIO3S/c1-12(10,11)6(7,8)5(9)4-2-3-4/h4H,2-3H2,1H3/t6-/m0/s1. The van der Waals surface area contributed by atoms with Crippen molar-refractivity contribution in [2.75, 3.05) is 6.26 Å². The minimum absolute atomic E-state index is 0.0454. The molecule has 6 heteroatoms. The van der Waals surface area contributed by atoms with Crippen LogP contribution in [0.3, 0.4) is 0 Å². The Bertz CT molecular complexity index is 305. The molecule has 1 fully saturated rings. The van der Waals surface area contributed by atoms with Crippen molar-refractivity contribution in [3.8, 4) is 0 Å². The molecule has 0 aromatic rings. The van der Waals surface area contributed by atoms with Crippen molar-refractivity contribution in [2.45, 2.75) is 14.5 Å². The van der Waals surface area contributed by atoms with Gasteiger partial charge in [0.25, 0.3) is 0 Å². The van der Waals surface area contributed by atoms with Crippen LogP contribution in [-0.2, 0) is 14.6 Å². The molecule has 70 valence electrons. The number of ketones is 1. The van der Waals surface area contributed by atoms with E-state index < -0.39 is 11.5 Å². The molecule has 0 radical (unpaired) electrons. The molecule has 1 aliphatic rings. The topological polar surface area (TPSA) is 51.2 Å². The van der Waals surface area contributed by atoms with E-state index in [0.717, 1.165) is 19.1 Å². The number of halogens is 2. The van der Waals surface area contributed by atoms with E-state index in [-0.39, 0.29) is 11.7 Å². The summed E-state index contributed by atoms with van der Waals surface area (Å²) >= 11 is 4.60. The smallest absolute Gasteiger partial charge is 0.234 e. The quantitative estimate of drug-likeness (QED) is 0.561. The monoisotopic (exact) mass is 366 g/mol. The average molecular weight is 367 g/mol. The highest BCUT2D eigenvalue weighted by Crippen LogP contribution is 2.43. The molecule has 1 aliphatic carbocycles. The second-order valence-corrected chi connectivity index (χ2v) is 10.6. The first-order valence-electron chi connectivity index (χ1n) is 3.38. The number of carbonyl (C=O) groups excluding carboxylic acids is 1. The molecule has 1 rings (SSSR count). The van der Waals surface area contributed by atoms with Crippen LogP contribution in [0.25, 0.3) is 0 Å². The molecule has 0 heterocycles. The third-order valence-corrected chi connectivity index (χ3v) is 7.92. The molecule has 0 N–H and O–H groups in total.